The monoisotopic (exact) mass is 222 g/mol. The first-order valence-electron chi connectivity index (χ1n) is 5.91. The summed E-state index contributed by atoms with van der Waals surface area (Å²) in [7, 11) is 2.12. The Morgan fingerprint density at radius 3 is 2.69 bits per heavy atom. The molecule has 1 aliphatic carbocycles. The van der Waals surface area contributed by atoms with E-state index in [-0.39, 0.29) is 11.5 Å². The number of halogens is 1. The predicted octanol–water partition coefficient (Wildman–Crippen LogP) is 2.78. The van der Waals surface area contributed by atoms with Gasteiger partial charge in [0.05, 0.1) is 5.69 Å². The van der Waals surface area contributed by atoms with Crippen LogP contribution >= 0.6 is 0 Å². The van der Waals surface area contributed by atoms with Gasteiger partial charge in [0.1, 0.15) is 5.82 Å². The first kappa shape index (κ1) is 11.4. The normalized spacial score (nSPS) is 17.2. The second-order valence-electron chi connectivity index (χ2n) is 4.71. The fraction of sp³-hybridized carbons (Fsp3) is 0.538. The van der Waals surface area contributed by atoms with Crippen LogP contribution in [0.5, 0.6) is 0 Å². The molecule has 0 bridgehead atoms. The molecule has 1 saturated carbocycles. The van der Waals surface area contributed by atoms with E-state index in [9.17, 15) is 4.39 Å². The molecule has 1 fully saturated rings. The van der Waals surface area contributed by atoms with Crippen LogP contribution in [0.15, 0.2) is 18.2 Å². The predicted molar refractivity (Wildman–Crippen MR) is 64.5 cm³/mol. The number of nitrogens with two attached hydrogens (primary N) is 1. The SMILES string of the molecule is CN(Cc1ccc(N)c(F)c1)C1CCCC1. The number of hydrogen-bond donors (Lipinski definition) is 1. The van der Waals surface area contributed by atoms with Crippen molar-refractivity contribution >= 4 is 5.69 Å². The zero-order valence-electron chi connectivity index (χ0n) is 9.75. The van der Waals surface area contributed by atoms with Gasteiger partial charge < -0.3 is 5.73 Å². The van der Waals surface area contributed by atoms with Gasteiger partial charge in [0, 0.05) is 12.6 Å². The maximum atomic E-state index is 13.3. The maximum Gasteiger partial charge on any atom is 0.146 e. The fourth-order valence-corrected chi connectivity index (χ4v) is 2.43. The number of hydrogen-bond acceptors (Lipinski definition) is 2. The highest BCUT2D eigenvalue weighted by molar-refractivity contribution is 5.41. The third-order valence-corrected chi connectivity index (χ3v) is 3.44. The zero-order chi connectivity index (χ0) is 11.5. The molecule has 0 aromatic heterocycles. The Morgan fingerprint density at radius 2 is 2.06 bits per heavy atom. The van der Waals surface area contributed by atoms with E-state index in [4.69, 9.17) is 5.73 Å². The third-order valence-electron chi connectivity index (χ3n) is 3.44. The number of benzene rings is 1. The highest BCUT2D eigenvalue weighted by atomic mass is 19.1. The summed E-state index contributed by atoms with van der Waals surface area (Å²) >= 11 is 0. The third kappa shape index (κ3) is 2.53. The molecule has 1 aromatic rings. The molecule has 0 saturated heterocycles. The first-order chi connectivity index (χ1) is 7.66. The van der Waals surface area contributed by atoms with Crippen LogP contribution in [0.2, 0.25) is 0 Å². The van der Waals surface area contributed by atoms with Crippen LogP contribution in [-0.4, -0.2) is 18.0 Å². The number of nitrogen functional groups attached to an aromatic ring is 1. The van der Waals surface area contributed by atoms with E-state index >= 15 is 0 Å². The summed E-state index contributed by atoms with van der Waals surface area (Å²) in [5.41, 5.74) is 6.68. The molecule has 0 amide bonds. The van der Waals surface area contributed by atoms with E-state index in [1.807, 2.05) is 6.07 Å². The zero-order valence-corrected chi connectivity index (χ0v) is 9.75. The van der Waals surface area contributed by atoms with Crippen molar-refractivity contribution in [3.63, 3.8) is 0 Å². The summed E-state index contributed by atoms with van der Waals surface area (Å²) in [6.07, 6.45) is 5.19. The van der Waals surface area contributed by atoms with Gasteiger partial charge in [-0.25, -0.2) is 4.39 Å². The van der Waals surface area contributed by atoms with Gasteiger partial charge in [-0.3, -0.25) is 4.90 Å². The fourth-order valence-electron chi connectivity index (χ4n) is 2.43. The average Bonchev–Trinajstić information content (AvgIpc) is 2.77. The Labute approximate surface area is 96.2 Å². The van der Waals surface area contributed by atoms with Crippen LogP contribution in [-0.2, 0) is 6.54 Å². The second kappa shape index (κ2) is 4.83. The second-order valence-corrected chi connectivity index (χ2v) is 4.71. The van der Waals surface area contributed by atoms with Gasteiger partial charge in [0.25, 0.3) is 0 Å². The number of nitrogens with zero attached hydrogens (tertiary/aromatic N) is 1. The molecule has 0 spiro atoms. The summed E-state index contributed by atoms with van der Waals surface area (Å²) in [6.45, 7) is 0.807. The van der Waals surface area contributed by atoms with Crippen molar-refractivity contribution in [1.82, 2.24) is 4.90 Å². The lowest BCUT2D eigenvalue weighted by atomic mass is 10.1. The van der Waals surface area contributed by atoms with Gasteiger partial charge in [0.15, 0.2) is 0 Å². The smallest absolute Gasteiger partial charge is 0.146 e. The van der Waals surface area contributed by atoms with Crippen LogP contribution in [0.3, 0.4) is 0 Å². The Kier molecular flexibility index (Phi) is 3.44. The first-order valence-corrected chi connectivity index (χ1v) is 5.91. The standard InChI is InChI=1S/C13H19FN2/c1-16(11-4-2-3-5-11)9-10-6-7-13(15)12(14)8-10/h6-8,11H,2-5,9,15H2,1H3. The summed E-state index contributed by atoms with van der Waals surface area (Å²) in [5.74, 6) is -0.308. The van der Waals surface area contributed by atoms with Gasteiger partial charge in [-0.15, -0.1) is 0 Å². The minimum absolute atomic E-state index is 0.229. The molecule has 2 nitrogen and oxygen atoms in total. The van der Waals surface area contributed by atoms with Crippen molar-refractivity contribution in [3.8, 4) is 0 Å². The van der Waals surface area contributed by atoms with Crippen molar-refractivity contribution in [1.29, 1.82) is 0 Å². The van der Waals surface area contributed by atoms with Crippen molar-refractivity contribution in [2.75, 3.05) is 12.8 Å². The summed E-state index contributed by atoms with van der Waals surface area (Å²) < 4.78 is 13.3. The minimum Gasteiger partial charge on any atom is -0.396 e. The molecular weight excluding hydrogens is 203 g/mol. The lowest BCUT2D eigenvalue weighted by Gasteiger charge is -2.24. The Bertz CT molecular complexity index is 359. The molecule has 0 atom stereocenters. The van der Waals surface area contributed by atoms with E-state index in [2.05, 4.69) is 11.9 Å². The van der Waals surface area contributed by atoms with Crippen molar-refractivity contribution < 1.29 is 4.39 Å². The molecule has 0 heterocycles. The van der Waals surface area contributed by atoms with Gasteiger partial charge in [-0.2, -0.15) is 0 Å². The Balaban J connectivity index is 1.99. The maximum absolute atomic E-state index is 13.3. The van der Waals surface area contributed by atoms with Gasteiger partial charge in [-0.05, 0) is 37.6 Å². The van der Waals surface area contributed by atoms with E-state index in [0.717, 1.165) is 12.1 Å². The molecule has 2 N–H and O–H groups in total. The summed E-state index contributed by atoms with van der Waals surface area (Å²) in [6, 6.07) is 5.76. The molecule has 2 rings (SSSR count). The van der Waals surface area contributed by atoms with Crippen molar-refractivity contribution in [2.24, 2.45) is 0 Å². The largest absolute Gasteiger partial charge is 0.396 e. The van der Waals surface area contributed by atoms with Crippen LogP contribution in [0.25, 0.3) is 0 Å². The summed E-state index contributed by atoms with van der Waals surface area (Å²) in [5, 5.41) is 0. The minimum atomic E-state index is -0.308. The lowest BCUT2D eigenvalue weighted by Crippen LogP contribution is -2.28. The van der Waals surface area contributed by atoms with E-state index in [1.54, 1.807) is 12.1 Å². The number of anilines is 1. The van der Waals surface area contributed by atoms with Gasteiger partial charge >= 0.3 is 0 Å². The topological polar surface area (TPSA) is 29.3 Å². The Morgan fingerprint density at radius 1 is 1.38 bits per heavy atom. The molecule has 0 unspecified atom stereocenters. The molecular formula is C13H19FN2. The summed E-state index contributed by atoms with van der Waals surface area (Å²) in [4.78, 5) is 2.32. The highest BCUT2D eigenvalue weighted by Crippen LogP contribution is 2.24. The lowest BCUT2D eigenvalue weighted by molar-refractivity contribution is 0.237. The van der Waals surface area contributed by atoms with Crippen molar-refractivity contribution in [2.45, 2.75) is 38.3 Å². The molecule has 16 heavy (non-hydrogen) atoms. The van der Waals surface area contributed by atoms with Crippen LogP contribution in [0.1, 0.15) is 31.2 Å². The molecule has 0 aliphatic heterocycles. The van der Waals surface area contributed by atoms with Crippen LogP contribution in [0.4, 0.5) is 10.1 Å². The molecule has 3 heteroatoms. The molecule has 0 radical (unpaired) electrons. The van der Waals surface area contributed by atoms with E-state index in [1.165, 1.54) is 25.7 Å². The van der Waals surface area contributed by atoms with Crippen molar-refractivity contribution in [3.05, 3.63) is 29.6 Å². The molecule has 1 aromatic carbocycles. The van der Waals surface area contributed by atoms with Crippen LogP contribution in [0, 0.1) is 5.82 Å². The Hall–Kier alpha value is -1.09. The molecule has 88 valence electrons. The van der Waals surface area contributed by atoms with E-state index < -0.39 is 0 Å². The highest BCUT2D eigenvalue weighted by Gasteiger charge is 2.19. The number of rotatable bonds is 3. The van der Waals surface area contributed by atoms with Gasteiger partial charge in [-0.1, -0.05) is 18.9 Å². The average molecular weight is 222 g/mol. The van der Waals surface area contributed by atoms with Crippen LogP contribution < -0.4 is 5.73 Å². The van der Waals surface area contributed by atoms with E-state index in [0.29, 0.717) is 6.04 Å². The van der Waals surface area contributed by atoms with Gasteiger partial charge in [0.2, 0.25) is 0 Å². The quantitative estimate of drug-likeness (QED) is 0.797. The molecule has 1 aliphatic rings.